The fourth-order valence-corrected chi connectivity index (χ4v) is 4.52. The molecular weight excluding hydrogens is 348 g/mol. The number of piperazine rings is 1. The summed E-state index contributed by atoms with van der Waals surface area (Å²) in [6.45, 7) is 7.72. The molecule has 0 unspecified atom stereocenters. The minimum atomic E-state index is 0.206. The van der Waals surface area contributed by atoms with Crippen molar-refractivity contribution < 1.29 is 9.32 Å². The summed E-state index contributed by atoms with van der Waals surface area (Å²) in [5, 5.41) is 3.94. The maximum Gasteiger partial charge on any atom is 0.241 e. The van der Waals surface area contributed by atoms with Gasteiger partial charge in [0, 0.05) is 49.4 Å². The molecular formula is C19H24N4O2S. The van der Waals surface area contributed by atoms with E-state index in [2.05, 4.69) is 27.1 Å². The number of amides is 1. The highest BCUT2D eigenvalue weighted by Gasteiger charge is 2.26. The molecule has 1 saturated heterocycles. The number of benzene rings is 1. The van der Waals surface area contributed by atoms with Gasteiger partial charge in [-0.1, -0.05) is 17.3 Å². The van der Waals surface area contributed by atoms with E-state index in [-0.39, 0.29) is 5.91 Å². The zero-order valence-corrected chi connectivity index (χ0v) is 15.9. The lowest BCUT2D eigenvalue weighted by atomic mass is 10.2. The Kier molecular flexibility index (Phi) is 5.28. The molecule has 2 aliphatic heterocycles. The Hall–Kier alpha value is -1.83. The molecule has 1 amide bonds. The monoisotopic (exact) mass is 372 g/mol. The second-order valence-electron chi connectivity index (χ2n) is 6.85. The molecule has 2 aromatic rings. The largest absolute Gasteiger partial charge is 0.360 e. The van der Waals surface area contributed by atoms with Crippen molar-refractivity contribution in [1.82, 2.24) is 15.0 Å². The predicted octanol–water partition coefficient (Wildman–Crippen LogP) is 2.24. The highest BCUT2D eigenvalue weighted by atomic mass is 32.2. The SMILES string of the molecule is Cc1cc(CN2CCN(CC(=O)N3CCSc4ccccc43)CC2)on1. The topological polar surface area (TPSA) is 52.8 Å². The number of rotatable bonds is 4. The van der Waals surface area contributed by atoms with Gasteiger partial charge in [0.2, 0.25) is 5.91 Å². The number of carbonyl (C=O) groups is 1. The van der Waals surface area contributed by atoms with E-state index in [1.54, 1.807) is 0 Å². The van der Waals surface area contributed by atoms with Gasteiger partial charge in [0.25, 0.3) is 0 Å². The van der Waals surface area contributed by atoms with Crippen LogP contribution in [0.5, 0.6) is 0 Å². The number of hydrogen-bond acceptors (Lipinski definition) is 6. The molecule has 1 aromatic heterocycles. The Balaban J connectivity index is 1.30. The van der Waals surface area contributed by atoms with Gasteiger partial charge in [-0.3, -0.25) is 14.6 Å². The van der Waals surface area contributed by atoms with Crippen LogP contribution >= 0.6 is 11.8 Å². The van der Waals surface area contributed by atoms with Crippen LogP contribution in [0.4, 0.5) is 5.69 Å². The molecule has 3 heterocycles. The average molecular weight is 372 g/mol. The van der Waals surface area contributed by atoms with Crippen molar-refractivity contribution in [2.24, 2.45) is 0 Å². The van der Waals surface area contributed by atoms with Crippen molar-refractivity contribution in [3.05, 3.63) is 41.8 Å². The number of para-hydroxylation sites is 1. The molecule has 7 heteroatoms. The first-order valence-electron chi connectivity index (χ1n) is 9.08. The summed E-state index contributed by atoms with van der Waals surface area (Å²) in [7, 11) is 0. The van der Waals surface area contributed by atoms with Crippen molar-refractivity contribution in [3.8, 4) is 0 Å². The summed E-state index contributed by atoms with van der Waals surface area (Å²) in [4.78, 5) is 20.6. The number of hydrogen-bond donors (Lipinski definition) is 0. The molecule has 0 bridgehead atoms. The van der Waals surface area contributed by atoms with Crippen molar-refractivity contribution in [3.63, 3.8) is 0 Å². The number of fused-ring (bicyclic) bond motifs is 1. The minimum absolute atomic E-state index is 0.206. The van der Waals surface area contributed by atoms with E-state index in [0.29, 0.717) is 6.54 Å². The molecule has 0 radical (unpaired) electrons. The number of aromatic nitrogens is 1. The predicted molar refractivity (Wildman–Crippen MR) is 102 cm³/mol. The second kappa shape index (κ2) is 7.82. The molecule has 4 rings (SSSR count). The van der Waals surface area contributed by atoms with E-state index < -0.39 is 0 Å². The van der Waals surface area contributed by atoms with Gasteiger partial charge in [-0.2, -0.15) is 0 Å². The number of anilines is 1. The summed E-state index contributed by atoms with van der Waals surface area (Å²) < 4.78 is 5.30. The molecule has 0 N–H and O–H groups in total. The Morgan fingerprint density at radius 2 is 1.92 bits per heavy atom. The highest BCUT2D eigenvalue weighted by Crippen LogP contribution is 2.34. The Bertz CT molecular complexity index is 770. The number of nitrogens with zero attached hydrogens (tertiary/aromatic N) is 4. The quantitative estimate of drug-likeness (QED) is 0.820. The van der Waals surface area contributed by atoms with E-state index in [1.165, 1.54) is 4.90 Å². The summed E-state index contributed by atoms with van der Waals surface area (Å²) >= 11 is 1.83. The molecule has 26 heavy (non-hydrogen) atoms. The van der Waals surface area contributed by atoms with E-state index in [0.717, 1.165) is 62.2 Å². The highest BCUT2D eigenvalue weighted by molar-refractivity contribution is 7.99. The molecule has 2 aliphatic rings. The van der Waals surface area contributed by atoms with Gasteiger partial charge in [-0.15, -0.1) is 11.8 Å². The first-order valence-corrected chi connectivity index (χ1v) is 10.1. The minimum Gasteiger partial charge on any atom is -0.360 e. The van der Waals surface area contributed by atoms with Crippen molar-refractivity contribution in [1.29, 1.82) is 0 Å². The summed E-state index contributed by atoms with van der Waals surface area (Å²) in [6.07, 6.45) is 0. The molecule has 6 nitrogen and oxygen atoms in total. The van der Waals surface area contributed by atoms with Crippen LogP contribution in [0, 0.1) is 6.92 Å². The van der Waals surface area contributed by atoms with Gasteiger partial charge in [0.05, 0.1) is 24.5 Å². The lowest BCUT2D eigenvalue weighted by molar-refractivity contribution is -0.120. The summed E-state index contributed by atoms with van der Waals surface area (Å²) in [5.41, 5.74) is 1.98. The molecule has 138 valence electrons. The van der Waals surface area contributed by atoms with Crippen molar-refractivity contribution in [2.75, 3.05) is 49.9 Å². The molecule has 0 atom stereocenters. The average Bonchev–Trinajstić information content (AvgIpc) is 3.07. The van der Waals surface area contributed by atoms with Crippen molar-refractivity contribution >= 4 is 23.4 Å². The molecule has 0 spiro atoms. The maximum atomic E-state index is 12.8. The Morgan fingerprint density at radius 1 is 1.15 bits per heavy atom. The third kappa shape index (κ3) is 3.95. The molecule has 0 saturated carbocycles. The molecule has 1 aromatic carbocycles. The van der Waals surface area contributed by atoms with E-state index in [9.17, 15) is 4.79 Å². The van der Waals surface area contributed by atoms with E-state index >= 15 is 0 Å². The standard InChI is InChI=1S/C19H24N4O2S/c1-15-12-16(25-20-15)13-21-6-8-22(9-7-21)14-19(24)23-10-11-26-18-5-3-2-4-17(18)23/h2-5,12H,6-11,13-14H2,1H3. The molecule has 0 aliphatic carbocycles. The molecule has 1 fully saturated rings. The summed E-state index contributed by atoms with van der Waals surface area (Å²) in [6, 6.07) is 10.2. The third-order valence-electron chi connectivity index (χ3n) is 4.91. The van der Waals surface area contributed by atoms with Crippen LogP contribution < -0.4 is 4.90 Å². The van der Waals surface area contributed by atoms with Gasteiger partial charge in [-0.05, 0) is 19.1 Å². The lowest BCUT2D eigenvalue weighted by Crippen LogP contribution is -2.50. The van der Waals surface area contributed by atoms with Crippen LogP contribution in [0.2, 0.25) is 0 Å². The van der Waals surface area contributed by atoms with Crippen LogP contribution in [0.25, 0.3) is 0 Å². The zero-order valence-electron chi connectivity index (χ0n) is 15.1. The number of aryl methyl sites for hydroxylation is 1. The van der Waals surface area contributed by atoms with Gasteiger partial charge < -0.3 is 9.42 Å². The van der Waals surface area contributed by atoms with Gasteiger partial charge in [-0.25, -0.2) is 0 Å². The first kappa shape index (κ1) is 17.6. The van der Waals surface area contributed by atoms with Crippen LogP contribution in [0.3, 0.4) is 0 Å². The maximum absolute atomic E-state index is 12.8. The number of carbonyl (C=O) groups excluding carboxylic acids is 1. The normalized spacial score (nSPS) is 18.7. The number of thioether (sulfide) groups is 1. The van der Waals surface area contributed by atoms with Crippen molar-refractivity contribution in [2.45, 2.75) is 18.4 Å². The second-order valence-corrected chi connectivity index (χ2v) is 7.99. The van der Waals surface area contributed by atoms with E-state index in [1.807, 2.05) is 41.8 Å². The zero-order chi connectivity index (χ0) is 17.9. The fourth-order valence-electron chi connectivity index (χ4n) is 3.52. The van der Waals surface area contributed by atoms with Gasteiger partial charge in [0.1, 0.15) is 0 Å². The van der Waals surface area contributed by atoms with Gasteiger partial charge in [0.15, 0.2) is 5.76 Å². The van der Waals surface area contributed by atoms with Gasteiger partial charge >= 0.3 is 0 Å². The summed E-state index contributed by atoms with van der Waals surface area (Å²) in [5.74, 6) is 2.08. The van der Waals surface area contributed by atoms with Crippen LogP contribution in [-0.2, 0) is 11.3 Å². The van der Waals surface area contributed by atoms with Crippen LogP contribution in [0.15, 0.2) is 39.8 Å². The smallest absolute Gasteiger partial charge is 0.241 e. The Labute approximate surface area is 158 Å². The Morgan fingerprint density at radius 3 is 2.69 bits per heavy atom. The third-order valence-corrected chi connectivity index (χ3v) is 5.95. The first-order chi connectivity index (χ1) is 12.7. The van der Waals surface area contributed by atoms with Crippen LogP contribution in [0.1, 0.15) is 11.5 Å². The van der Waals surface area contributed by atoms with E-state index in [4.69, 9.17) is 4.52 Å². The van der Waals surface area contributed by atoms with Crippen LogP contribution in [-0.4, -0.2) is 65.9 Å². The lowest BCUT2D eigenvalue weighted by Gasteiger charge is -2.36. The fraction of sp³-hybridized carbons (Fsp3) is 0.474.